The molecule has 2 aliphatic rings. The van der Waals surface area contributed by atoms with Gasteiger partial charge in [0.25, 0.3) is 0 Å². The minimum absolute atomic E-state index is 0.964. The third kappa shape index (κ3) is 2.10. The number of imidazole rings is 1. The molecule has 0 unspecified atom stereocenters. The molecule has 7 heteroatoms. The number of aryl methyl sites for hydroxylation is 2. The number of aromatic amines is 1. The first-order chi connectivity index (χ1) is 11.4. The van der Waals surface area contributed by atoms with Crippen LogP contribution in [0.5, 0.6) is 0 Å². The van der Waals surface area contributed by atoms with Gasteiger partial charge in [0.2, 0.25) is 5.95 Å². The monoisotopic (exact) mass is 326 g/mol. The zero-order valence-corrected chi connectivity index (χ0v) is 13.6. The predicted molar refractivity (Wildman–Crippen MR) is 92.5 cm³/mol. The van der Waals surface area contributed by atoms with Gasteiger partial charge in [-0.2, -0.15) is 0 Å². The van der Waals surface area contributed by atoms with Crippen molar-refractivity contribution in [2.24, 2.45) is 0 Å². The molecule has 5 rings (SSSR count). The molecule has 1 saturated heterocycles. The zero-order chi connectivity index (χ0) is 15.2. The van der Waals surface area contributed by atoms with Gasteiger partial charge in [0.05, 0.1) is 5.39 Å². The SMILES string of the molecule is c1c[nH]c(N2CCN(c3ncnc4sc5c(c34)CCC5)CC2)n1. The second-order valence-corrected chi connectivity index (χ2v) is 7.21. The van der Waals surface area contributed by atoms with Crippen molar-refractivity contribution in [2.75, 3.05) is 36.0 Å². The highest BCUT2D eigenvalue weighted by atomic mass is 32.1. The van der Waals surface area contributed by atoms with Gasteiger partial charge < -0.3 is 14.8 Å². The lowest BCUT2D eigenvalue weighted by Crippen LogP contribution is -2.47. The third-order valence-corrected chi connectivity index (χ3v) is 6.04. The summed E-state index contributed by atoms with van der Waals surface area (Å²) in [4.78, 5) is 24.1. The van der Waals surface area contributed by atoms with Crippen molar-refractivity contribution < 1.29 is 0 Å². The van der Waals surface area contributed by atoms with E-state index in [9.17, 15) is 0 Å². The molecule has 0 bridgehead atoms. The van der Waals surface area contributed by atoms with E-state index in [2.05, 4.69) is 29.7 Å². The topological polar surface area (TPSA) is 60.9 Å². The van der Waals surface area contributed by atoms with Crippen LogP contribution < -0.4 is 9.80 Å². The van der Waals surface area contributed by atoms with E-state index in [1.807, 2.05) is 23.7 Å². The van der Waals surface area contributed by atoms with E-state index in [1.165, 1.54) is 35.1 Å². The quantitative estimate of drug-likeness (QED) is 0.782. The van der Waals surface area contributed by atoms with Gasteiger partial charge in [-0.1, -0.05) is 0 Å². The van der Waals surface area contributed by atoms with Crippen molar-refractivity contribution in [1.82, 2.24) is 19.9 Å². The molecule has 0 spiro atoms. The molecule has 0 amide bonds. The Morgan fingerprint density at radius 2 is 1.87 bits per heavy atom. The lowest BCUT2D eigenvalue weighted by atomic mass is 10.1. The summed E-state index contributed by atoms with van der Waals surface area (Å²) in [6, 6.07) is 0. The molecule has 3 aromatic heterocycles. The first-order valence-electron chi connectivity index (χ1n) is 8.14. The third-order valence-electron chi connectivity index (χ3n) is 4.84. The fourth-order valence-electron chi connectivity index (χ4n) is 3.71. The Bertz CT molecular complexity index is 832. The van der Waals surface area contributed by atoms with Crippen LogP contribution in [0.4, 0.5) is 11.8 Å². The van der Waals surface area contributed by atoms with E-state index < -0.39 is 0 Å². The largest absolute Gasteiger partial charge is 0.352 e. The Labute approximate surface area is 138 Å². The molecule has 1 aliphatic carbocycles. The van der Waals surface area contributed by atoms with Gasteiger partial charge in [0.15, 0.2) is 0 Å². The molecular weight excluding hydrogens is 308 g/mol. The van der Waals surface area contributed by atoms with Crippen molar-refractivity contribution >= 4 is 33.3 Å². The summed E-state index contributed by atoms with van der Waals surface area (Å²) in [5, 5.41) is 1.32. The highest BCUT2D eigenvalue weighted by Crippen LogP contribution is 2.40. The Morgan fingerprint density at radius 3 is 2.70 bits per heavy atom. The highest BCUT2D eigenvalue weighted by molar-refractivity contribution is 7.19. The van der Waals surface area contributed by atoms with Crippen LogP contribution in [0.2, 0.25) is 0 Å². The summed E-state index contributed by atoms with van der Waals surface area (Å²) >= 11 is 1.86. The molecule has 6 nitrogen and oxygen atoms in total. The van der Waals surface area contributed by atoms with Gasteiger partial charge in [-0.3, -0.25) is 0 Å². The fourth-order valence-corrected chi connectivity index (χ4v) is 4.94. The Hall–Kier alpha value is -2.15. The lowest BCUT2D eigenvalue weighted by molar-refractivity contribution is 0.638. The molecule has 1 N–H and O–H groups in total. The number of anilines is 2. The first-order valence-corrected chi connectivity index (χ1v) is 8.96. The molecule has 1 fully saturated rings. The van der Waals surface area contributed by atoms with Crippen LogP contribution in [0.3, 0.4) is 0 Å². The molecule has 23 heavy (non-hydrogen) atoms. The summed E-state index contributed by atoms with van der Waals surface area (Å²) < 4.78 is 0. The Morgan fingerprint density at radius 1 is 1.00 bits per heavy atom. The van der Waals surface area contributed by atoms with Crippen LogP contribution in [-0.2, 0) is 12.8 Å². The van der Waals surface area contributed by atoms with E-state index in [0.29, 0.717) is 0 Å². The molecular formula is C16H18N6S. The van der Waals surface area contributed by atoms with Gasteiger partial charge in [0.1, 0.15) is 17.0 Å². The van der Waals surface area contributed by atoms with E-state index >= 15 is 0 Å². The molecule has 1 aliphatic heterocycles. The van der Waals surface area contributed by atoms with Crippen LogP contribution >= 0.6 is 11.3 Å². The number of H-pyrrole nitrogens is 1. The van der Waals surface area contributed by atoms with Gasteiger partial charge in [-0.15, -0.1) is 11.3 Å². The average molecular weight is 326 g/mol. The van der Waals surface area contributed by atoms with Gasteiger partial charge in [-0.25, -0.2) is 15.0 Å². The predicted octanol–water partition coefficient (Wildman–Crippen LogP) is 2.23. The van der Waals surface area contributed by atoms with Crippen LogP contribution in [-0.4, -0.2) is 46.1 Å². The number of nitrogens with one attached hydrogen (secondary N) is 1. The van der Waals surface area contributed by atoms with Crippen molar-refractivity contribution in [3.8, 4) is 0 Å². The summed E-state index contributed by atoms with van der Waals surface area (Å²) in [6.45, 7) is 3.87. The zero-order valence-electron chi connectivity index (χ0n) is 12.8. The molecule has 0 atom stereocenters. The molecule has 0 aromatic carbocycles. The van der Waals surface area contributed by atoms with E-state index in [0.717, 1.165) is 42.8 Å². The number of hydrogen-bond acceptors (Lipinski definition) is 6. The van der Waals surface area contributed by atoms with Crippen molar-refractivity contribution in [1.29, 1.82) is 0 Å². The number of rotatable bonds is 2. The van der Waals surface area contributed by atoms with E-state index in [1.54, 1.807) is 6.33 Å². The standard InChI is InChI=1S/C16H18N6S/c1-2-11-12(3-1)23-15-13(11)14(19-10-20-15)21-6-8-22(9-7-21)16-17-4-5-18-16/h4-5,10H,1-3,6-9H2,(H,17,18). The normalized spacial score (nSPS) is 17.9. The Kier molecular flexibility index (Phi) is 3.00. The maximum Gasteiger partial charge on any atom is 0.202 e. The van der Waals surface area contributed by atoms with Crippen LogP contribution in [0.1, 0.15) is 16.9 Å². The number of fused-ring (bicyclic) bond motifs is 3. The molecule has 0 saturated carbocycles. The number of nitrogens with zero attached hydrogens (tertiary/aromatic N) is 5. The van der Waals surface area contributed by atoms with Gasteiger partial charge >= 0.3 is 0 Å². The van der Waals surface area contributed by atoms with Crippen LogP contribution in [0, 0.1) is 0 Å². The van der Waals surface area contributed by atoms with E-state index in [4.69, 9.17) is 0 Å². The average Bonchev–Trinajstić information content (AvgIpc) is 3.31. The highest BCUT2D eigenvalue weighted by Gasteiger charge is 2.26. The molecule has 3 aromatic rings. The number of aromatic nitrogens is 4. The van der Waals surface area contributed by atoms with Gasteiger partial charge in [-0.05, 0) is 24.8 Å². The lowest BCUT2D eigenvalue weighted by Gasteiger charge is -2.35. The summed E-state index contributed by atoms with van der Waals surface area (Å²) in [7, 11) is 0. The second-order valence-electron chi connectivity index (χ2n) is 6.12. The number of hydrogen-bond donors (Lipinski definition) is 1. The Balaban J connectivity index is 1.46. The number of piperazine rings is 1. The summed E-state index contributed by atoms with van der Waals surface area (Å²) in [5.74, 6) is 2.10. The van der Waals surface area contributed by atoms with Crippen molar-refractivity contribution in [3.63, 3.8) is 0 Å². The second kappa shape index (κ2) is 5.19. The molecule has 118 valence electrons. The van der Waals surface area contributed by atoms with Gasteiger partial charge in [0, 0.05) is 43.4 Å². The van der Waals surface area contributed by atoms with Crippen molar-refractivity contribution in [2.45, 2.75) is 19.3 Å². The number of thiophene rings is 1. The molecule has 4 heterocycles. The molecule has 0 radical (unpaired) electrons. The summed E-state index contributed by atoms with van der Waals surface area (Å²) in [6.07, 6.45) is 9.08. The van der Waals surface area contributed by atoms with Crippen molar-refractivity contribution in [3.05, 3.63) is 29.2 Å². The minimum atomic E-state index is 0.964. The maximum absolute atomic E-state index is 4.65. The summed E-state index contributed by atoms with van der Waals surface area (Å²) in [5.41, 5.74) is 1.51. The first kappa shape index (κ1) is 13.3. The van der Waals surface area contributed by atoms with Crippen LogP contribution in [0.25, 0.3) is 10.2 Å². The van der Waals surface area contributed by atoms with E-state index in [-0.39, 0.29) is 0 Å². The smallest absolute Gasteiger partial charge is 0.202 e. The fraction of sp³-hybridized carbons (Fsp3) is 0.438. The minimum Gasteiger partial charge on any atom is -0.352 e. The van der Waals surface area contributed by atoms with Crippen LogP contribution in [0.15, 0.2) is 18.7 Å². The maximum atomic E-state index is 4.65.